The second kappa shape index (κ2) is 6.35. The molecule has 5 heteroatoms. The van der Waals surface area contributed by atoms with Gasteiger partial charge in [-0.15, -0.1) is 0 Å². The van der Waals surface area contributed by atoms with Gasteiger partial charge in [-0.05, 0) is 57.5 Å². The van der Waals surface area contributed by atoms with E-state index in [1.165, 1.54) is 0 Å². The molecule has 0 aliphatic rings. The van der Waals surface area contributed by atoms with E-state index in [2.05, 4.69) is 20.6 Å². The highest BCUT2D eigenvalue weighted by atomic mass is 16.1. The summed E-state index contributed by atoms with van der Waals surface area (Å²) < 4.78 is 0. The van der Waals surface area contributed by atoms with E-state index in [4.69, 9.17) is 0 Å². The van der Waals surface area contributed by atoms with Crippen molar-refractivity contribution in [2.45, 2.75) is 27.7 Å². The zero-order valence-corrected chi connectivity index (χ0v) is 12.8. The summed E-state index contributed by atoms with van der Waals surface area (Å²) in [4.78, 5) is 21.0. The van der Waals surface area contributed by atoms with Crippen molar-refractivity contribution >= 4 is 17.5 Å². The average molecular weight is 284 g/mol. The molecule has 0 saturated carbocycles. The van der Waals surface area contributed by atoms with Crippen molar-refractivity contribution in [1.29, 1.82) is 0 Å². The summed E-state index contributed by atoms with van der Waals surface area (Å²) in [5.74, 6) is 1.09. The molecule has 0 radical (unpaired) electrons. The van der Waals surface area contributed by atoms with Crippen molar-refractivity contribution in [2.75, 3.05) is 17.2 Å². The number of anilines is 2. The van der Waals surface area contributed by atoms with Crippen LogP contribution in [0.4, 0.5) is 11.6 Å². The fraction of sp³-hybridized carbons (Fsp3) is 0.312. The Kier molecular flexibility index (Phi) is 4.52. The summed E-state index contributed by atoms with van der Waals surface area (Å²) in [6.07, 6.45) is 0. The third kappa shape index (κ3) is 4.02. The Morgan fingerprint density at radius 1 is 1.00 bits per heavy atom. The Morgan fingerprint density at radius 3 is 2.33 bits per heavy atom. The number of carbonyl (C=O) groups is 1. The predicted octanol–water partition coefficient (Wildman–Crippen LogP) is 3.09. The molecule has 0 aromatic carbocycles. The first kappa shape index (κ1) is 15.0. The van der Waals surface area contributed by atoms with Gasteiger partial charge in [-0.3, -0.25) is 4.79 Å². The van der Waals surface area contributed by atoms with Crippen molar-refractivity contribution in [3.8, 4) is 0 Å². The van der Waals surface area contributed by atoms with Crippen LogP contribution in [0, 0.1) is 20.8 Å². The molecular formula is C16H20N4O. The van der Waals surface area contributed by atoms with Crippen LogP contribution in [0.1, 0.15) is 34.2 Å². The molecule has 2 aromatic rings. The lowest BCUT2D eigenvalue weighted by Gasteiger charge is -2.09. The van der Waals surface area contributed by atoms with Crippen molar-refractivity contribution < 1.29 is 4.79 Å². The SMILES string of the molecule is CCNc1cc(C(=O)Nc2cc(C)cc(C)n2)cc(C)n1. The Bertz CT molecular complexity index is 647. The fourth-order valence-corrected chi connectivity index (χ4v) is 2.17. The Labute approximate surface area is 124 Å². The zero-order valence-electron chi connectivity index (χ0n) is 12.8. The van der Waals surface area contributed by atoms with E-state index in [0.717, 1.165) is 23.5 Å². The maximum atomic E-state index is 12.3. The monoisotopic (exact) mass is 284 g/mol. The van der Waals surface area contributed by atoms with Crippen LogP contribution in [-0.4, -0.2) is 22.4 Å². The topological polar surface area (TPSA) is 66.9 Å². The Morgan fingerprint density at radius 2 is 1.67 bits per heavy atom. The minimum absolute atomic E-state index is 0.183. The van der Waals surface area contributed by atoms with E-state index in [0.29, 0.717) is 17.2 Å². The number of nitrogens with zero attached hydrogens (tertiary/aromatic N) is 2. The van der Waals surface area contributed by atoms with Gasteiger partial charge in [-0.25, -0.2) is 9.97 Å². The summed E-state index contributed by atoms with van der Waals surface area (Å²) >= 11 is 0. The van der Waals surface area contributed by atoms with E-state index in [1.807, 2.05) is 39.8 Å². The molecule has 1 amide bonds. The number of pyridine rings is 2. The molecule has 0 spiro atoms. The van der Waals surface area contributed by atoms with E-state index in [-0.39, 0.29) is 5.91 Å². The van der Waals surface area contributed by atoms with E-state index >= 15 is 0 Å². The number of hydrogen-bond acceptors (Lipinski definition) is 4. The van der Waals surface area contributed by atoms with Crippen LogP contribution in [0.25, 0.3) is 0 Å². The zero-order chi connectivity index (χ0) is 15.4. The number of aromatic nitrogens is 2. The van der Waals surface area contributed by atoms with E-state index in [9.17, 15) is 4.79 Å². The van der Waals surface area contributed by atoms with Crippen LogP contribution in [-0.2, 0) is 0 Å². The molecule has 21 heavy (non-hydrogen) atoms. The molecule has 0 aliphatic carbocycles. The third-order valence-electron chi connectivity index (χ3n) is 2.91. The molecule has 110 valence electrons. The van der Waals surface area contributed by atoms with Crippen molar-refractivity contribution in [2.24, 2.45) is 0 Å². The minimum Gasteiger partial charge on any atom is -0.370 e. The molecule has 2 heterocycles. The van der Waals surface area contributed by atoms with Gasteiger partial charge in [0.05, 0.1) is 0 Å². The van der Waals surface area contributed by atoms with Crippen LogP contribution in [0.3, 0.4) is 0 Å². The van der Waals surface area contributed by atoms with Crippen LogP contribution in [0.5, 0.6) is 0 Å². The Balaban J connectivity index is 2.23. The number of rotatable bonds is 4. The molecule has 0 aliphatic heterocycles. The van der Waals surface area contributed by atoms with Gasteiger partial charge in [0.1, 0.15) is 11.6 Å². The van der Waals surface area contributed by atoms with Crippen LogP contribution in [0.15, 0.2) is 24.3 Å². The normalized spacial score (nSPS) is 10.3. The van der Waals surface area contributed by atoms with E-state index < -0.39 is 0 Å². The third-order valence-corrected chi connectivity index (χ3v) is 2.91. The molecule has 0 unspecified atom stereocenters. The molecule has 5 nitrogen and oxygen atoms in total. The van der Waals surface area contributed by atoms with Crippen LogP contribution in [0.2, 0.25) is 0 Å². The van der Waals surface area contributed by atoms with Crippen molar-refractivity contribution in [3.05, 3.63) is 46.8 Å². The highest BCUT2D eigenvalue weighted by molar-refractivity contribution is 6.04. The van der Waals surface area contributed by atoms with Crippen molar-refractivity contribution in [1.82, 2.24) is 9.97 Å². The molecule has 0 bridgehead atoms. The maximum absolute atomic E-state index is 12.3. The smallest absolute Gasteiger partial charge is 0.257 e. The van der Waals surface area contributed by atoms with Crippen LogP contribution < -0.4 is 10.6 Å². The van der Waals surface area contributed by atoms with Gasteiger partial charge in [0.15, 0.2) is 0 Å². The summed E-state index contributed by atoms with van der Waals surface area (Å²) in [5, 5.41) is 5.95. The second-order valence-electron chi connectivity index (χ2n) is 5.04. The molecule has 0 fully saturated rings. The summed E-state index contributed by atoms with van der Waals surface area (Å²) in [7, 11) is 0. The van der Waals surface area contributed by atoms with E-state index in [1.54, 1.807) is 12.1 Å². The number of nitrogens with one attached hydrogen (secondary N) is 2. The quantitative estimate of drug-likeness (QED) is 0.905. The highest BCUT2D eigenvalue weighted by Gasteiger charge is 2.10. The standard InChI is InChI=1S/C16H20N4O/c1-5-17-14-9-13(8-12(4)18-14)16(21)20-15-7-10(2)6-11(3)19-15/h6-9H,5H2,1-4H3,(H,17,18)(H,19,20,21). The van der Waals surface area contributed by atoms with Gasteiger partial charge in [0, 0.05) is 23.5 Å². The molecule has 2 N–H and O–H groups in total. The molecule has 2 aromatic heterocycles. The summed E-state index contributed by atoms with van der Waals surface area (Å²) in [5.41, 5.74) is 3.31. The van der Waals surface area contributed by atoms with Crippen molar-refractivity contribution in [3.63, 3.8) is 0 Å². The van der Waals surface area contributed by atoms with Gasteiger partial charge in [-0.2, -0.15) is 0 Å². The second-order valence-corrected chi connectivity index (χ2v) is 5.04. The fourth-order valence-electron chi connectivity index (χ4n) is 2.17. The van der Waals surface area contributed by atoms with Gasteiger partial charge < -0.3 is 10.6 Å². The van der Waals surface area contributed by atoms with Crippen LogP contribution >= 0.6 is 0 Å². The van der Waals surface area contributed by atoms with Gasteiger partial charge in [0.25, 0.3) is 5.91 Å². The minimum atomic E-state index is -0.183. The summed E-state index contributed by atoms with van der Waals surface area (Å²) in [6.45, 7) is 8.50. The first-order valence-corrected chi connectivity index (χ1v) is 6.97. The molecule has 0 saturated heterocycles. The first-order valence-electron chi connectivity index (χ1n) is 6.97. The molecule has 2 rings (SSSR count). The molecule has 0 atom stereocenters. The predicted molar refractivity (Wildman–Crippen MR) is 84.8 cm³/mol. The average Bonchev–Trinajstić information content (AvgIpc) is 2.37. The lowest BCUT2D eigenvalue weighted by molar-refractivity contribution is 0.102. The van der Waals surface area contributed by atoms with Gasteiger partial charge in [0.2, 0.25) is 0 Å². The highest BCUT2D eigenvalue weighted by Crippen LogP contribution is 2.14. The Hall–Kier alpha value is -2.43. The van der Waals surface area contributed by atoms with Gasteiger partial charge in [-0.1, -0.05) is 0 Å². The van der Waals surface area contributed by atoms with Gasteiger partial charge >= 0.3 is 0 Å². The lowest BCUT2D eigenvalue weighted by Crippen LogP contribution is -2.14. The summed E-state index contributed by atoms with van der Waals surface area (Å²) in [6, 6.07) is 7.33. The largest absolute Gasteiger partial charge is 0.370 e. The number of aryl methyl sites for hydroxylation is 3. The maximum Gasteiger partial charge on any atom is 0.257 e. The first-order chi connectivity index (χ1) is 9.97. The number of carbonyl (C=O) groups excluding carboxylic acids is 1. The number of amides is 1. The molecular weight excluding hydrogens is 264 g/mol. The lowest BCUT2D eigenvalue weighted by atomic mass is 10.2. The number of hydrogen-bond donors (Lipinski definition) is 2.